The van der Waals surface area contributed by atoms with Crippen molar-refractivity contribution in [1.29, 1.82) is 0 Å². The molecule has 0 aliphatic heterocycles. The Kier molecular flexibility index (Phi) is 38.6. The molecule has 0 bridgehead atoms. The first-order valence-corrected chi connectivity index (χ1v) is 22.0. The smallest absolute Gasteiger partial charge is 0.305 e. The molecule has 0 N–H and O–H groups in total. The van der Waals surface area contributed by atoms with Crippen LogP contribution >= 0.6 is 0 Å². The fourth-order valence-corrected chi connectivity index (χ4v) is 6.17. The zero-order chi connectivity index (χ0) is 38.0. The van der Waals surface area contributed by atoms with Crippen molar-refractivity contribution in [2.75, 3.05) is 79.3 Å². The predicted molar refractivity (Wildman–Crippen MR) is 218 cm³/mol. The van der Waals surface area contributed by atoms with E-state index < -0.39 is 0 Å². The molecule has 0 unspecified atom stereocenters. The number of rotatable bonds is 43. The lowest BCUT2D eigenvalue weighted by Gasteiger charge is -2.09. The highest BCUT2D eigenvalue weighted by molar-refractivity contribution is 5.69. The van der Waals surface area contributed by atoms with E-state index in [-0.39, 0.29) is 5.97 Å². The highest BCUT2D eigenvalue weighted by Crippen LogP contribution is 2.16. The van der Waals surface area contributed by atoms with E-state index in [1.807, 2.05) is 0 Å². The maximum atomic E-state index is 11.9. The van der Waals surface area contributed by atoms with Crippen LogP contribution in [0.1, 0.15) is 167 Å². The number of unbranched alkanes of at least 4 members (excludes halogenated alkanes) is 20. The molecular weight excluding hydrogens is 668 g/mol. The largest absolute Gasteiger partial charge is 0.491 e. The molecule has 0 radical (unpaired) electrons. The fourth-order valence-electron chi connectivity index (χ4n) is 6.17. The number of hydrogen-bond acceptors (Lipinski definition) is 8. The Labute approximate surface area is 326 Å². The molecule has 0 saturated carbocycles. The summed E-state index contributed by atoms with van der Waals surface area (Å²) in [4.78, 5) is 11.9. The third-order valence-electron chi connectivity index (χ3n) is 9.45. The molecule has 0 aliphatic rings. The Morgan fingerprint density at radius 1 is 0.396 bits per heavy atom. The van der Waals surface area contributed by atoms with Gasteiger partial charge in [0.15, 0.2) is 0 Å². The molecule has 0 heterocycles. The maximum Gasteiger partial charge on any atom is 0.305 e. The number of carbonyl (C=O) groups excluding carboxylic acids is 1. The highest BCUT2D eigenvalue weighted by atomic mass is 16.6. The van der Waals surface area contributed by atoms with Crippen LogP contribution in [0.15, 0.2) is 24.3 Å². The molecule has 0 amide bonds. The van der Waals surface area contributed by atoms with Crippen molar-refractivity contribution in [1.82, 2.24) is 0 Å². The van der Waals surface area contributed by atoms with Gasteiger partial charge >= 0.3 is 5.97 Å². The Morgan fingerprint density at radius 2 is 0.736 bits per heavy atom. The topological polar surface area (TPSA) is 81.7 Å². The van der Waals surface area contributed by atoms with E-state index in [1.54, 1.807) is 0 Å². The molecule has 0 atom stereocenters. The SMILES string of the molecule is CCCCCCCCCCCCCCCCCC(=O)OCCOCCOCCOCCOCCOCCOc1ccc(CCCCCCCCC)cc1. The van der Waals surface area contributed by atoms with Crippen molar-refractivity contribution in [3.05, 3.63) is 29.8 Å². The second-order valence-corrected chi connectivity index (χ2v) is 14.3. The van der Waals surface area contributed by atoms with Gasteiger partial charge in [-0.3, -0.25) is 4.79 Å². The van der Waals surface area contributed by atoms with Gasteiger partial charge in [-0.1, -0.05) is 154 Å². The average Bonchev–Trinajstić information content (AvgIpc) is 3.17. The van der Waals surface area contributed by atoms with Gasteiger partial charge in [0.1, 0.15) is 19.0 Å². The highest BCUT2D eigenvalue weighted by Gasteiger charge is 2.03. The third-order valence-corrected chi connectivity index (χ3v) is 9.45. The molecule has 0 spiro atoms. The standard InChI is InChI=1S/C45H82O8/c1-3-5-7-9-11-12-13-14-15-16-17-18-20-22-24-26-45(46)53-42-40-51-38-36-49-34-32-47-31-33-48-35-37-50-39-41-52-44-29-27-43(28-30-44)25-23-21-19-10-8-6-4-2/h27-30H,3-26,31-42H2,1-2H3. The molecule has 8 nitrogen and oxygen atoms in total. The van der Waals surface area contributed by atoms with E-state index in [9.17, 15) is 4.79 Å². The maximum absolute atomic E-state index is 11.9. The van der Waals surface area contributed by atoms with E-state index in [0.717, 1.165) is 25.0 Å². The molecule has 1 aromatic carbocycles. The summed E-state index contributed by atoms with van der Waals surface area (Å²) in [6.45, 7) is 10.4. The first-order chi connectivity index (χ1) is 26.3. The first-order valence-electron chi connectivity index (χ1n) is 22.0. The van der Waals surface area contributed by atoms with Gasteiger partial charge in [-0.05, 0) is 37.0 Å². The quantitative estimate of drug-likeness (QED) is 0.0482. The Balaban J connectivity index is 1.72. The number of carbonyl (C=O) groups is 1. The van der Waals surface area contributed by atoms with Crippen LogP contribution in [0, 0.1) is 0 Å². The minimum absolute atomic E-state index is 0.122. The van der Waals surface area contributed by atoms with Crippen molar-refractivity contribution in [2.24, 2.45) is 0 Å². The van der Waals surface area contributed by atoms with E-state index in [2.05, 4.69) is 38.1 Å². The third kappa shape index (κ3) is 37.0. The number of benzene rings is 1. The number of aryl methyl sites for hydroxylation is 1. The van der Waals surface area contributed by atoms with Gasteiger partial charge in [0, 0.05) is 6.42 Å². The molecule has 0 saturated heterocycles. The molecule has 0 aliphatic carbocycles. The second-order valence-electron chi connectivity index (χ2n) is 14.3. The van der Waals surface area contributed by atoms with Gasteiger partial charge in [-0.15, -0.1) is 0 Å². The Hall–Kier alpha value is -1.71. The normalized spacial score (nSPS) is 11.4. The molecular formula is C45H82O8. The van der Waals surface area contributed by atoms with Crippen LogP contribution in [-0.4, -0.2) is 85.3 Å². The van der Waals surface area contributed by atoms with E-state index >= 15 is 0 Å². The van der Waals surface area contributed by atoms with E-state index in [1.165, 1.54) is 134 Å². The van der Waals surface area contributed by atoms with E-state index in [4.69, 9.17) is 33.2 Å². The summed E-state index contributed by atoms with van der Waals surface area (Å²) in [5.74, 6) is 0.767. The molecule has 0 fully saturated rings. The monoisotopic (exact) mass is 751 g/mol. The molecule has 1 aromatic rings. The number of hydrogen-bond donors (Lipinski definition) is 0. The average molecular weight is 751 g/mol. The lowest BCUT2D eigenvalue weighted by atomic mass is 10.0. The zero-order valence-electron chi connectivity index (χ0n) is 34.5. The lowest BCUT2D eigenvalue weighted by Crippen LogP contribution is -2.15. The van der Waals surface area contributed by atoms with Gasteiger partial charge in [0.05, 0.1) is 66.1 Å². The van der Waals surface area contributed by atoms with Crippen LogP contribution in [0.4, 0.5) is 0 Å². The van der Waals surface area contributed by atoms with Crippen LogP contribution in [0.5, 0.6) is 5.75 Å². The summed E-state index contributed by atoms with van der Waals surface area (Å²) in [6.07, 6.45) is 30.8. The van der Waals surface area contributed by atoms with Crippen molar-refractivity contribution < 1.29 is 38.0 Å². The minimum atomic E-state index is -0.122. The number of ether oxygens (including phenoxy) is 7. The van der Waals surface area contributed by atoms with Crippen LogP contribution in [0.25, 0.3) is 0 Å². The summed E-state index contributed by atoms with van der Waals surface area (Å²) < 4.78 is 38.8. The van der Waals surface area contributed by atoms with Crippen LogP contribution in [0.2, 0.25) is 0 Å². The molecule has 8 heteroatoms. The second kappa shape index (κ2) is 41.5. The summed E-state index contributed by atoms with van der Waals surface area (Å²) in [5.41, 5.74) is 1.38. The van der Waals surface area contributed by atoms with Gasteiger partial charge in [-0.2, -0.15) is 0 Å². The van der Waals surface area contributed by atoms with Crippen LogP contribution < -0.4 is 4.74 Å². The fraction of sp³-hybridized carbons (Fsp3) is 0.844. The summed E-state index contributed by atoms with van der Waals surface area (Å²) >= 11 is 0. The van der Waals surface area contributed by atoms with E-state index in [0.29, 0.717) is 85.7 Å². The van der Waals surface area contributed by atoms with Crippen molar-refractivity contribution in [3.8, 4) is 5.75 Å². The van der Waals surface area contributed by atoms with Crippen LogP contribution in [-0.2, 0) is 39.6 Å². The number of esters is 1. The lowest BCUT2D eigenvalue weighted by molar-refractivity contribution is -0.145. The zero-order valence-corrected chi connectivity index (χ0v) is 34.5. The Morgan fingerprint density at radius 3 is 1.15 bits per heavy atom. The molecule has 1 rings (SSSR count). The molecule has 0 aromatic heterocycles. The predicted octanol–water partition coefficient (Wildman–Crippen LogP) is 11.2. The van der Waals surface area contributed by atoms with Crippen molar-refractivity contribution in [2.45, 2.75) is 168 Å². The Bertz CT molecular complexity index is 865. The summed E-state index contributed by atoms with van der Waals surface area (Å²) in [6, 6.07) is 8.47. The van der Waals surface area contributed by atoms with Gasteiger partial charge in [0.2, 0.25) is 0 Å². The van der Waals surface area contributed by atoms with Crippen molar-refractivity contribution >= 4 is 5.97 Å². The summed E-state index contributed by atoms with van der Waals surface area (Å²) in [7, 11) is 0. The van der Waals surface area contributed by atoms with Gasteiger partial charge in [0.25, 0.3) is 0 Å². The minimum Gasteiger partial charge on any atom is -0.491 e. The van der Waals surface area contributed by atoms with Gasteiger partial charge < -0.3 is 33.2 Å². The van der Waals surface area contributed by atoms with Crippen molar-refractivity contribution in [3.63, 3.8) is 0 Å². The molecule has 53 heavy (non-hydrogen) atoms. The first kappa shape index (κ1) is 49.3. The van der Waals surface area contributed by atoms with Gasteiger partial charge in [-0.25, -0.2) is 0 Å². The van der Waals surface area contributed by atoms with Crippen LogP contribution in [0.3, 0.4) is 0 Å². The summed E-state index contributed by atoms with van der Waals surface area (Å²) in [5, 5.41) is 0. The molecule has 310 valence electrons.